The van der Waals surface area contributed by atoms with Crippen LogP contribution in [0, 0.1) is 6.92 Å². The van der Waals surface area contributed by atoms with Gasteiger partial charge in [0, 0.05) is 11.1 Å². The Morgan fingerprint density at radius 2 is 1.90 bits per heavy atom. The van der Waals surface area contributed by atoms with Crippen LogP contribution < -0.4 is 10.1 Å². The first-order valence-electron chi connectivity index (χ1n) is 10.2. The maximum Gasteiger partial charge on any atom is 0.338 e. The predicted octanol–water partition coefficient (Wildman–Crippen LogP) is 5.24. The molecule has 3 aromatic rings. The summed E-state index contributed by atoms with van der Waals surface area (Å²) >= 11 is 1.41. The third-order valence-corrected chi connectivity index (χ3v) is 6.06. The topological polar surface area (TPSA) is 77.5 Å². The minimum Gasteiger partial charge on any atom is -0.494 e. The Labute approximate surface area is 186 Å². The van der Waals surface area contributed by atoms with E-state index >= 15 is 0 Å². The first-order chi connectivity index (χ1) is 15.0. The van der Waals surface area contributed by atoms with Gasteiger partial charge in [0.25, 0.3) is 0 Å². The second-order valence-corrected chi connectivity index (χ2v) is 8.16. The molecule has 0 aliphatic carbocycles. The second kappa shape index (κ2) is 10.3. The average Bonchev–Trinajstić information content (AvgIpc) is 2.77. The quantitative estimate of drug-likeness (QED) is 0.383. The van der Waals surface area contributed by atoms with Crippen molar-refractivity contribution in [1.82, 2.24) is 4.98 Å². The molecular formula is C24H26N2O4S. The molecule has 0 saturated heterocycles. The molecule has 2 aromatic carbocycles. The number of aromatic nitrogens is 1. The molecule has 0 bridgehead atoms. The van der Waals surface area contributed by atoms with Gasteiger partial charge in [0.1, 0.15) is 11.3 Å². The number of pyridine rings is 1. The van der Waals surface area contributed by atoms with E-state index in [1.807, 2.05) is 38.1 Å². The van der Waals surface area contributed by atoms with Gasteiger partial charge in [-0.05, 0) is 56.2 Å². The fourth-order valence-electron chi connectivity index (χ4n) is 3.22. The molecule has 1 heterocycles. The number of hydrogen-bond acceptors (Lipinski definition) is 6. The van der Waals surface area contributed by atoms with Gasteiger partial charge >= 0.3 is 5.97 Å². The van der Waals surface area contributed by atoms with Gasteiger partial charge in [-0.3, -0.25) is 4.79 Å². The van der Waals surface area contributed by atoms with E-state index in [-0.39, 0.29) is 11.2 Å². The monoisotopic (exact) mass is 438 g/mol. The number of carbonyl (C=O) groups excluding carboxylic acids is 2. The Bertz CT molecular complexity index is 1100. The van der Waals surface area contributed by atoms with Gasteiger partial charge in [0.05, 0.1) is 29.6 Å². The molecule has 6 nitrogen and oxygen atoms in total. The number of rotatable bonds is 8. The number of para-hydroxylation sites is 1. The molecule has 31 heavy (non-hydrogen) atoms. The molecule has 1 atom stereocenters. The number of carbonyl (C=O) groups is 2. The smallest absolute Gasteiger partial charge is 0.338 e. The summed E-state index contributed by atoms with van der Waals surface area (Å²) in [7, 11) is 1.62. The molecule has 7 heteroatoms. The number of esters is 1. The minimum absolute atomic E-state index is 0.145. The van der Waals surface area contributed by atoms with Gasteiger partial charge < -0.3 is 14.8 Å². The number of nitrogens with one attached hydrogen (secondary N) is 1. The van der Waals surface area contributed by atoms with Crippen LogP contribution in [0.25, 0.3) is 10.9 Å². The Kier molecular flexibility index (Phi) is 7.52. The largest absolute Gasteiger partial charge is 0.494 e. The van der Waals surface area contributed by atoms with E-state index in [1.54, 1.807) is 38.3 Å². The van der Waals surface area contributed by atoms with Gasteiger partial charge in [-0.2, -0.15) is 0 Å². The van der Waals surface area contributed by atoms with E-state index in [0.717, 1.165) is 21.5 Å². The molecule has 1 amide bonds. The number of aryl methyl sites for hydroxylation is 1. The number of thioether (sulfide) groups is 1. The molecule has 1 aromatic heterocycles. The summed E-state index contributed by atoms with van der Waals surface area (Å²) in [5.41, 5.74) is 2.81. The zero-order valence-corrected chi connectivity index (χ0v) is 18.9. The third kappa shape index (κ3) is 5.35. The normalized spacial score (nSPS) is 11.7. The van der Waals surface area contributed by atoms with Crippen LogP contribution >= 0.6 is 11.8 Å². The number of ether oxygens (including phenoxy) is 2. The van der Waals surface area contributed by atoms with Gasteiger partial charge in [-0.1, -0.05) is 36.9 Å². The van der Waals surface area contributed by atoms with Crippen LogP contribution in [0.5, 0.6) is 5.75 Å². The molecule has 0 radical (unpaired) electrons. The SMILES string of the molecule is CCOC(=O)c1cccc(NC(=O)C(CC)Sc2cc(C)c3cccc(OC)c3n2)c1. The summed E-state index contributed by atoms with van der Waals surface area (Å²) in [5.74, 6) is 0.147. The van der Waals surface area contributed by atoms with E-state index in [2.05, 4.69) is 5.32 Å². The zero-order chi connectivity index (χ0) is 22.4. The van der Waals surface area contributed by atoms with Gasteiger partial charge in [-0.15, -0.1) is 0 Å². The van der Waals surface area contributed by atoms with E-state index in [4.69, 9.17) is 14.5 Å². The Morgan fingerprint density at radius 3 is 2.61 bits per heavy atom. The molecule has 0 aliphatic heterocycles. The lowest BCUT2D eigenvalue weighted by atomic mass is 10.1. The first kappa shape index (κ1) is 22.6. The summed E-state index contributed by atoms with van der Waals surface area (Å²) in [6, 6.07) is 14.6. The molecule has 1 N–H and O–H groups in total. The summed E-state index contributed by atoms with van der Waals surface area (Å²) in [5, 5.41) is 4.35. The number of fused-ring (bicyclic) bond motifs is 1. The Hall–Kier alpha value is -3.06. The van der Waals surface area contributed by atoms with Crippen molar-refractivity contribution >= 4 is 40.2 Å². The van der Waals surface area contributed by atoms with Crippen LogP contribution in [0.15, 0.2) is 53.6 Å². The molecule has 0 spiro atoms. The van der Waals surface area contributed by atoms with Crippen molar-refractivity contribution in [2.24, 2.45) is 0 Å². The van der Waals surface area contributed by atoms with Gasteiger partial charge in [-0.25, -0.2) is 9.78 Å². The highest BCUT2D eigenvalue weighted by Gasteiger charge is 2.20. The second-order valence-electron chi connectivity index (χ2n) is 6.94. The standard InChI is InChI=1S/C24H26N2O4S/c1-5-20(23(27)25-17-10-7-9-16(14-17)24(28)30-6-2)31-21-13-15(3)18-11-8-12-19(29-4)22(18)26-21/h7-14,20H,5-6H2,1-4H3,(H,25,27). The van der Waals surface area contributed by atoms with Gasteiger partial charge in [0.2, 0.25) is 5.91 Å². The minimum atomic E-state index is -0.412. The molecular weight excluding hydrogens is 412 g/mol. The summed E-state index contributed by atoms with van der Waals surface area (Å²) in [6.45, 7) is 6.04. The summed E-state index contributed by atoms with van der Waals surface area (Å²) in [4.78, 5) is 29.6. The van der Waals surface area contributed by atoms with Crippen molar-refractivity contribution in [2.75, 3.05) is 19.0 Å². The number of nitrogens with zero attached hydrogens (tertiary/aromatic N) is 1. The highest BCUT2D eigenvalue weighted by atomic mass is 32.2. The highest BCUT2D eigenvalue weighted by Crippen LogP contribution is 2.32. The van der Waals surface area contributed by atoms with E-state index < -0.39 is 5.97 Å². The number of amides is 1. The Morgan fingerprint density at radius 1 is 1.13 bits per heavy atom. The van der Waals surface area contributed by atoms with Crippen LogP contribution in [0.3, 0.4) is 0 Å². The number of anilines is 1. The summed E-state index contributed by atoms with van der Waals surface area (Å²) < 4.78 is 10.5. The fraction of sp³-hybridized carbons (Fsp3) is 0.292. The van der Waals surface area contributed by atoms with Crippen LogP contribution in [-0.2, 0) is 9.53 Å². The number of methoxy groups -OCH3 is 1. The van der Waals surface area contributed by atoms with Crippen molar-refractivity contribution in [1.29, 1.82) is 0 Å². The zero-order valence-electron chi connectivity index (χ0n) is 18.1. The molecule has 0 saturated carbocycles. The van der Waals surface area contributed by atoms with Crippen molar-refractivity contribution in [3.63, 3.8) is 0 Å². The van der Waals surface area contributed by atoms with Crippen molar-refractivity contribution in [3.05, 3.63) is 59.7 Å². The van der Waals surface area contributed by atoms with Crippen LogP contribution in [0.1, 0.15) is 36.2 Å². The van der Waals surface area contributed by atoms with E-state index in [0.29, 0.717) is 30.0 Å². The van der Waals surface area contributed by atoms with E-state index in [1.165, 1.54) is 11.8 Å². The predicted molar refractivity (Wildman–Crippen MR) is 124 cm³/mol. The third-order valence-electron chi connectivity index (χ3n) is 4.77. The van der Waals surface area contributed by atoms with Crippen molar-refractivity contribution in [2.45, 2.75) is 37.5 Å². The van der Waals surface area contributed by atoms with Crippen LogP contribution in [-0.4, -0.2) is 35.8 Å². The van der Waals surface area contributed by atoms with Crippen molar-refractivity contribution < 1.29 is 19.1 Å². The molecule has 0 fully saturated rings. The lowest BCUT2D eigenvalue weighted by molar-refractivity contribution is -0.115. The van der Waals surface area contributed by atoms with E-state index in [9.17, 15) is 9.59 Å². The molecule has 1 unspecified atom stereocenters. The Balaban J connectivity index is 1.79. The lowest BCUT2D eigenvalue weighted by Gasteiger charge is -2.16. The first-order valence-corrected chi connectivity index (χ1v) is 11.0. The summed E-state index contributed by atoms with van der Waals surface area (Å²) in [6.07, 6.45) is 0.624. The van der Waals surface area contributed by atoms with Crippen LogP contribution in [0.4, 0.5) is 5.69 Å². The fourth-order valence-corrected chi connectivity index (χ4v) is 4.23. The van der Waals surface area contributed by atoms with Gasteiger partial charge in [0.15, 0.2) is 0 Å². The average molecular weight is 439 g/mol. The number of hydrogen-bond donors (Lipinski definition) is 1. The molecule has 3 rings (SSSR count). The maximum absolute atomic E-state index is 12.9. The molecule has 162 valence electrons. The lowest BCUT2D eigenvalue weighted by Crippen LogP contribution is -2.24. The molecule has 0 aliphatic rings. The maximum atomic E-state index is 12.9. The van der Waals surface area contributed by atoms with Crippen LogP contribution in [0.2, 0.25) is 0 Å². The van der Waals surface area contributed by atoms with Crippen molar-refractivity contribution in [3.8, 4) is 5.75 Å². The highest BCUT2D eigenvalue weighted by molar-refractivity contribution is 8.00. The number of benzene rings is 2.